The van der Waals surface area contributed by atoms with E-state index < -0.39 is 0 Å². The first kappa shape index (κ1) is 18.4. The Labute approximate surface area is 166 Å². The molecule has 0 spiro atoms. The smallest absolute Gasteiger partial charge is 0.234 e. The summed E-state index contributed by atoms with van der Waals surface area (Å²) >= 11 is 1.30. The number of tetrazole rings is 1. The Morgan fingerprint density at radius 2 is 1.89 bits per heavy atom. The molecule has 1 fully saturated rings. The number of aromatic nitrogens is 4. The van der Waals surface area contributed by atoms with Gasteiger partial charge in [-0.15, -0.1) is 16.9 Å². The maximum absolute atomic E-state index is 12.2. The SMILES string of the molecule is O=C(CSCC(=O)c1ccccc1)Nc1cccc(-c2nnnn2C2CC2)c1. The van der Waals surface area contributed by atoms with Crippen LogP contribution >= 0.6 is 11.8 Å². The molecule has 0 unspecified atom stereocenters. The molecule has 142 valence electrons. The molecule has 4 rings (SSSR count). The van der Waals surface area contributed by atoms with Gasteiger partial charge in [0.05, 0.1) is 17.5 Å². The fourth-order valence-electron chi connectivity index (χ4n) is 2.83. The van der Waals surface area contributed by atoms with E-state index in [-0.39, 0.29) is 23.2 Å². The van der Waals surface area contributed by atoms with Crippen molar-refractivity contribution in [3.05, 3.63) is 60.2 Å². The van der Waals surface area contributed by atoms with Crippen molar-refractivity contribution in [1.82, 2.24) is 20.2 Å². The van der Waals surface area contributed by atoms with E-state index in [0.29, 0.717) is 23.1 Å². The molecule has 0 atom stereocenters. The Bertz CT molecular complexity index is 985. The molecule has 7 nitrogen and oxygen atoms in total. The van der Waals surface area contributed by atoms with E-state index >= 15 is 0 Å². The first-order valence-corrected chi connectivity index (χ1v) is 10.2. The minimum Gasteiger partial charge on any atom is -0.325 e. The number of carbonyl (C=O) groups excluding carboxylic acids is 2. The molecule has 0 radical (unpaired) electrons. The zero-order valence-corrected chi connectivity index (χ0v) is 15.9. The van der Waals surface area contributed by atoms with Gasteiger partial charge in [-0.05, 0) is 35.4 Å². The molecule has 8 heteroatoms. The van der Waals surface area contributed by atoms with Gasteiger partial charge in [-0.25, -0.2) is 4.68 Å². The number of anilines is 1. The Balaban J connectivity index is 1.32. The summed E-state index contributed by atoms with van der Waals surface area (Å²) in [5.74, 6) is 1.06. The summed E-state index contributed by atoms with van der Waals surface area (Å²) < 4.78 is 1.84. The summed E-state index contributed by atoms with van der Waals surface area (Å²) in [6, 6.07) is 16.9. The molecule has 1 N–H and O–H groups in total. The van der Waals surface area contributed by atoms with E-state index in [9.17, 15) is 9.59 Å². The zero-order valence-electron chi connectivity index (χ0n) is 15.1. The van der Waals surface area contributed by atoms with Crippen molar-refractivity contribution in [3.8, 4) is 11.4 Å². The maximum atomic E-state index is 12.2. The third kappa shape index (κ3) is 4.45. The van der Waals surface area contributed by atoms with Gasteiger partial charge < -0.3 is 5.32 Å². The third-order valence-corrected chi connectivity index (χ3v) is 5.28. The summed E-state index contributed by atoms with van der Waals surface area (Å²) in [5, 5.41) is 14.8. The number of ketones is 1. The van der Waals surface area contributed by atoms with Gasteiger partial charge in [0.15, 0.2) is 11.6 Å². The molecule has 1 amide bonds. The number of rotatable bonds is 8. The number of amides is 1. The summed E-state index contributed by atoms with van der Waals surface area (Å²) in [6.07, 6.45) is 2.18. The highest BCUT2D eigenvalue weighted by Crippen LogP contribution is 2.36. The molecule has 0 aliphatic heterocycles. The van der Waals surface area contributed by atoms with Crippen LogP contribution in [0.15, 0.2) is 54.6 Å². The number of carbonyl (C=O) groups is 2. The quantitative estimate of drug-likeness (QED) is 0.591. The van der Waals surface area contributed by atoms with Crippen LogP contribution in [0.4, 0.5) is 5.69 Å². The molecular formula is C20H19N5O2S. The summed E-state index contributed by atoms with van der Waals surface area (Å²) in [6.45, 7) is 0. The van der Waals surface area contributed by atoms with Crippen molar-refractivity contribution in [2.45, 2.75) is 18.9 Å². The second-order valence-electron chi connectivity index (χ2n) is 6.59. The first-order valence-electron chi connectivity index (χ1n) is 9.05. The van der Waals surface area contributed by atoms with Gasteiger partial charge in [0.2, 0.25) is 5.91 Å². The standard InChI is InChI=1S/C20H19N5O2S/c26-18(14-5-2-1-3-6-14)12-28-13-19(27)21-16-8-4-7-15(11-16)20-22-23-24-25(20)17-9-10-17/h1-8,11,17H,9-10,12-13H2,(H,21,27). The average molecular weight is 393 g/mol. The summed E-state index contributed by atoms with van der Waals surface area (Å²) in [4.78, 5) is 24.3. The third-order valence-electron chi connectivity index (χ3n) is 4.35. The van der Waals surface area contributed by atoms with E-state index in [1.807, 2.05) is 47.1 Å². The molecule has 0 saturated heterocycles. The predicted octanol–water partition coefficient (Wildman–Crippen LogP) is 3.23. The molecule has 1 aromatic heterocycles. The summed E-state index contributed by atoms with van der Waals surface area (Å²) in [7, 11) is 0. The van der Waals surface area contributed by atoms with Gasteiger partial charge in [-0.1, -0.05) is 42.5 Å². The molecule has 3 aromatic rings. The predicted molar refractivity (Wildman–Crippen MR) is 108 cm³/mol. The van der Waals surface area contributed by atoms with Crippen LogP contribution in [-0.4, -0.2) is 43.4 Å². The van der Waals surface area contributed by atoms with Crippen LogP contribution in [0.25, 0.3) is 11.4 Å². The van der Waals surface area contributed by atoms with Crippen LogP contribution in [-0.2, 0) is 4.79 Å². The highest BCUT2D eigenvalue weighted by atomic mass is 32.2. The van der Waals surface area contributed by atoms with E-state index in [0.717, 1.165) is 18.4 Å². The highest BCUT2D eigenvalue weighted by Gasteiger charge is 2.28. The highest BCUT2D eigenvalue weighted by molar-refractivity contribution is 8.00. The molecule has 1 aliphatic rings. The minimum absolute atomic E-state index is 0.0207. The molecule has 1 aliphatic carbocycles. The van der Waals surface area contributed by atoms with Crippen molar-refractivity contribution in [2.75, 3.05) is 16.8 Å². The van der Waals surface area contributed by atoms with Gasteiger partial charge >= 0.3 is 0 Å². The van der Waals surface area contributed by atoms with Gasteiger partial charge in [-0.3, -0.25) is 9.59 Å². The maximum Gasteiger partial charge on any atom is 0.234 e. The topological polar surface area (TPSA) is 89.8 Å². The number of benzene rings is 2. The second-order valence-corrected chi connectivity index (χ2v) is 7.57. The van der Waals surface area contributed by atoms with Gasteiger partial charge in [0, 0.05) is 16.8 Å². The molecular weight excluding hydrogens is 374 g/mol. The number of nitrogens with one attached hydrogen (secondary N) is 1. The fourth-order valence-corrected chi connectivity index (χ4v) is 3.54. The molecule has 0 bridgehead atoms. The van der Waals surface area contributed by atoms with Crippen molar-refractivity contribution in [3.63, 3.8) is 0 Å². The molecule has 1 heterocycles. The van der Waals surface area contributed by atoms with Crippen LogP contribution in [0, 0.1) is 0 Å². The van der Waals surface area contributed by atoms with Crippen LogP contribution < -0.4 is 5.32 Å². The number of nitrogens with zero attached hydrogens (tertiary/aromatic N) is 4. The monoisotopic (exact) mass is 393 g/mol. The van der Waals surface area contributed by atoms with E-state index in [4.69, 9.17) is 0 Å². The van der Waals surface area contributed by atoms with E-state index in [1.165, 1.54) is 11.8 Å². The first-order chi connectivity index (χ1) is 13.7. The lowest BCUT2D eigenvalue weighted by molar-refractivity contribution is -0.113. The van der Waals surface area contributed by atoms with Crippen molar-refractivity contribution in [2.24, 2.45) is 0 Å². The number of Topliss-reactive ketones (excluding diaryl/α,β-unsaturated/α-hetero) is 1. The van der Waals surface area contributed by atoms with Crippen LogP contribution in [0.1, 0.15) is 29.2 Å². The summed E-state index contributed by atoms with van der Waals surface area (Å²) in [5.41, 5.74) is 2.21. The van der Waals surface area contributed by atoms with Crippen molar-refractivity contribution in [1.29, 1.82) is 0 Å². The van der Waals surface area contributed by atoms with Gasteiger partial charge in [0.25, 0.3) is 0 Å². The Morgan fingerprint density at radius 3 is 2.68 bits per heavy atom. The van der Waals surface area contributed by atoms with Crippen LogP contribution in [0.3, 0.4) is 0 Å². The average Bonchev–Trinajstić information content (AvgIpc) is 3.45. The number of hydrogen-bond donors (Lipinski definition) is 1. The number of thioether (sulfide) groups is 1. The van der Waals surface area contributed by atoms with E-state index in [1.54, 1.807) is 12.1 Å². The normalized spacial score (nSPS) is 13.3. The minimum atomic E-state index is -0.148. The lowest BCUT2D eigenvalue weighted by atomic mass is 10.2. The Kier molecular flexibility index (Phi) is 5.48. The van der Waals surface area contributed by atoms with Gasteiger partial charge in [-0.2, -0.15) is 0 Å². The van der Waals surface area contributed by atoms with Crippen molar-refractivity contribution >= 4 is 29.1 Å². The molecule has 28 heavy (non-hydrogen) atoms. The van der Waals surface area contributed by atoms with Crippen LogP contribution in [0.5, 0.6) is 0 Å². The molecule has 1 saturated carbocycles. The lowest BCUT2D eigenvalue weighted by Crippen LogP contribution is -2.15. The Hall–Kier alpha value is -3.00. The van der Waals surface area contributed by atoms with Gasteiger partial charge in [0.1, 0.15) is 0 Å². The van der Waals surface area contributed by atoms with E-state index in [2.05, 4.69) is 20.8 Å². The Morgan fingerprint density at radius 1 is 1.07 bits per heavy atom. The lowest BCUT2D eigenvalue weighted by Gasteiger charge is -2.08. The molecule has 2 aromatic carbocycles. The number of hydrogen-bond acceptors (Lipinski definition) is 6. The second kappa shape index (κ2) is 8.35. The van der Waals surface area contributed by atoms with Crippen LogP contribution in [0.2, 0.25) is 0 Å². The van der Waals surface area contributed by atoms with Crippen molar-refractivity contribution < 1.29 is 9.59 Å². The largest absolute Gasteiger partial charge is 0.325 e. The fraction of sp³-hybridized carbons (Fsp3) is 0.250. The zero-order chi connectivity index (χ0) is 19.3.